The number of nitrogens with one attached hydrogen (secondary N) is 1. The standard InChI is InChI=1S/C9H14ClN3S2/c1-7(2)6-11-8-12-13-9(15-8)14-5-3-4-10/h3-4,7H,5-6H2,1-2H3,(H,11,12)/b4-3+. The zero-order valence-corrected chi connectivity index (χ0v) is 11.1. The average Bonchev–Trinajstić information content (AvgIpc) is 2.63. The fraction of sp³-hybridized carbons (Fsp3) is 0.556. The molecule has 15 heavy (non-hydrogen) atoms. The summed E-state index contributed by atoms with van der Waals surface area (Å²) in [7, 11) is 0. The Bertz CT molecular complexity index is 312. The average molecular weight is 264 g/mol. The minimum atomic E-state index is 0.615. The van der Waals surface area contributed by atoms with E-state index in [1.807, 2.05) is 6.08 Å². The van der Waals surface area contributed by atoms with Crippen molar-refractivity contribution in [1.29, 1.82) is 0 Å². The van der Waals surface area contributed by atoms with Crippen molar-refractivity contribution in [3.8, 4) is 0 Å². The Hall–Kier alpha value is -0.260. The molecule has 0 radical (unpaired) electrons. The maximum Gasteiger partial charge on any atom is 0.206 e. The second-order valence-electron chi connectivity index (χ2n) is 3.32. The second kappa shape index (κ2) is 7.09. The van der Waals surface area contributed by atoms with Crippen molar-refractivity contribution < 1.29 is 0 Å². The maximum absolute atomic E-state index is 5.42. The van der Waals surface area contributed by atoms with Crippen LogP contribution in [0, 0.1) is 5.92 Å². The number of hydrogen-bond acceptors (Lipinski definition) is 5. The number of anilines is 1. The number of nitrogens with zero attached hydrogens (tertiary/aromatic N) is 2. The van der Waals surface area contributed by atoms with E-state index in [-0.39, 0.29) is 0 Å². The van der Waals surface area contributed by atoms with Crippen molar-refractivity contribution in [3.05, 3.63) is 11.6 Å². The normalized spacial score (nSPS) is 11.5. The molecular formula is C9H14ClN3S2. The Balaban J connectivity index is 2.35. The molecule has 0 aromatic carbocycles. The molecule has 1 aromatic heterocycles. The summed E-state index contributed by atoms with van der Waals surface area (Å²) in [5.41, 5.74) is 1.52. The quantitative estimate of drug-likeness (QED) is 0.798. The van der Waals surface area contributed by atoms with E-state index in [1.54, 1.807) is 23.1 Å². The first-order valence-electron chi connectivity index (χ1n) is 4.67. The summed E-state index contributed by atoms with van der Waals surface area (Å²) < 4.78 is 0.969. The third kappa shape index (κ3) is 5.39. The molecule has 6 heteroatoms. The van der Waals surface area contributed by atoms with E-state index >= 15 is 0 Å². The van der Waals surface area contributed by atoms with Crippen LogP contribution >= 0.6 is 34.7 Å². The maximum atomic E-state index is 5.42. The highest BCUT2D eigenvalue weighted by molar-refractivity contribution is 8.01. The van der Waals surface area contributed by atoms with Crippen molar-refractivity contribution in [2.75, 3.05) is 17.6 Å². The Labute approximate surface area is 103 Å². The number of aromatic nitrogens is 2. The summed E-state index contributed by atoms with van der Waals surface area (Å²) in [6, 6.07) is 0. The first-order valence-corrected chi connectivity index (χ1v) is 6.91. The number of halogens is 1. The number of hydrogen-bond donors (Lipinski definition) is 1. The van der Waals surface area contributed by atoms with Crippen LogP contribution in [0.25, 0.3) is 0 Å². The summed E-state index contributed by atoms with van der Waals surface area (Å²) in [5, 5.41) is 12.2. The molecule has 1 rings (SSSR count). The molecule has 0 saturated carbocycles. The highest BCUT2D eigenvalue weighted by Gasteiger charge is 2.03. The van der Waals surface area contributed by atoms with Crippen molar-refractivity contribution in [3.63, 3.8) is 0 Å². The number of rotatable bonds is 6. The lowest BCUT2D eigenvalue weighted by Crippen LogP contribution is -2.07. The molecule has 0 unspecified atom stereocenters. The van der Waals surface area contributed by atoms with Gasteiger partial charge in [0.05, 0.1) is 0 Å². The lowest BCUT2D eigenvalue weighted by Gasteiger charge is -2.03. The Morgan fingerprint density at radius 2 is 2.33 bits per heavy atom. The van der Waals surface area contributed by atoms with Gasteiger partial charge in [0.2, 0.25) is 5.13 Å². The minimum Gasteiger partial charge on any atom is -0.360 e. The number of thioether (sulfide) groups is 1. The van der Waals surface area contributed by atoms with Crippen LogP contribution in [0.15, 0.2) is 16.0 Å². The van der Waals surface area contributed by atoms with E-state index < -0.39 is 0 Å². The smallest absolute Gasteiger partial charge is 0.206 e. The lowest BCUT2D eigenvalue weighted by atomic mass is 10.2. The molecule has 0 aliphatic carbocycles. The van der Waals surface area contributed by atoms with Gasteiger partial charge in [-0.3, -0.25) is 0 Å². The zero-order valence-electron chi connectivity index (χ0n) is 8.74. The SMILES string of the molecule is CC(C)CNc1nnc(SC/C=C/Cl)s1. The molecule has 0 aliphatic heterocycles. The zero-order chi connectivity index (χ0) is 11.1. The summed E-state index contributed by atoms with van der Waals surface area (Å²) in [5.74, 6) is 1.45. The molecule has 3 nitrogen and oxygen atoms in total. The van der Waals surface area contributed by atoms with Gasteiger partial charge in [0.1, 0.15) is 0 Å². The monoisotopic (exact) mass is 263 g/mol. The molecular weight excluding hydrogens is 250 g/mol. The van der Waals surface area contributed by atoms with Crippen molar-refractivity contribution >= 4 is 39.8 Å². The third-order valence-electron chi connectivity index (χ3n) is 1.46. The van der Waals surface area contributed by atoms with Crippen molar-refractivity contribution in [2.45, 2.75) is 18.2 Å². The third-order valence-corrected chi connectivity index (χ3v) is 3.61. The topological polar surface area (TPSA) is 37.8 Å². The minimum absolute atomic E-state index is 0.615. The molecule has 0 saturated heterocycles. The van der Waals surface area contributed by atoms with Crippen LogP contribution in [0.5, 0.6) is 0 Å². The molecule has 1 heterocycles. The van der Waals surface area contributed by atoms with E-state index in [9.17, 15) is 0 Å². The molecule has 84 valence electrons. The molecule has 0 spiro atoms. The Morgan fingerprint density at radius 3 is 3.00 bits per heavy atom. The molecule has 0 fully saturated rings. The van der Waals surface area contributed by atoms with Crippen LogP contribution in [-0.2, 0) is 0 Å². The van der Waals surface area contributed by atoms with E-state index in [0.717, 1.165) is 21.8 Å². The van der Waals surface area contributed by atoms with Gasteiger partial charge in [-0.15, -0.1) is 10.2 Å². The van der Waals surface area contributed by atoms with E-state index in [4.69, 9.17) is 11.6 Å². The van der Waals surface area contributed by atoms with Gasteiger partial charge in [-0.25, -0.2) is 0 Å². The van der Waals surface area contributed by atoms with Crippen LogP contribution in [0.2, 0.25) is 0 Å². The predicted molar refractivity (Wildman–Crippen MR) is 69.0 cm³/mol. The van der Waals surface area contributed by atoms with Crippen LogP contribution in [0.1, 0.15) is 13.8 Å². The van der Waals surface area contributed by atoms with Gasteiger partial charge in [0.25, 0.3) is 0 Å². The van der Waals surface area contributed by atoms with Crippen molar-refractivity contribution in [1.82, 2.24) is 10.2 Å². The summed E-state index contributed by atoms with van der Waals surface area (Å²) in [4.78, 5) is 0. The van der Waals surface area contributed by atoms with E-state index in [2.05, 4.69) is 29.4 Å². The largest absolute Gasteiger partial charge is 0.360 e. The Kier molecular flexibility index (Phi) is 6.05. The van der Waals surface area contributed by atoms with E-state index in [0.29, 0.717) is 5.92 Å². The highest BCUT2D eigenvalue weighted by Crippen LogP contribution is 2.25. The fourth-order valence-electron chi connectivity index (χ4n) is 0.787. The lowest BCUT2D eigenvalue weighted by molar-refractivity contribution is 0.687. The van der Waals surface area contributed by atoms with Crippen LogP contribution in [0.4, 0.5) is 5.13 Å². The van der Waals surface area contributed by atoms with Crippen LogP contribution in [-0.4, -0.2) is 22.5 Å². The summed E-state index contributed by atoms with van der Waals surface area (Å²) in [6.07, 6.45) is 1.88. The van der Waals surface area contributed by atoms with Gasteiger partial charge in [-0.2, -0.15) is 0 Å². The first-order chi connectivity index (χ1) is 7.22. The van der Waals surface area contributed by atoms with Gasteiger partial charge in [-0.05, 0) is 5.92 Å². The van der Waals surface area contributed by atoms with Crippen molar-refractivity contribution in [2.24, 2.45) is 5.92 Å². The van der Waals surface area contributed by atoms with Crippen LogP contribution < -0.4 is 5.32 Å². The first kappa shape index (κ1) is 12.8. The van der Waals surface area contributed by atoms with Gasteiger partial charge in [0.15, 0.2) is 4.34 Å². The van der Waals surface area contributed by atoms with Gasteiger partial charge in [-0.1, -0.05) is 54.6 Å². The van der Waals surface area contributed by atoms with Crippen LogP contribution in [0.3, 0.4) is 0 Å². The molecule has 0 bridgehead atoms. The molecule has 0 atom stereocenters. The predicted octanol–water partition coefficient (Wildman–Crippen LogP) is 3.45. The summed E-state index contributed by atoms with van der Waals surface area (Å²) >= 11 is 8.63. The van der Waals surface area contributed by atoms with Gasteiger partial charge < -0.3 is 5.32 Å². The summed E-state index contributed by atoms with van der Waals surface area (Å²) in [6.45, 7) is 5.25. The fourth-order valence-corrected chi connectivity index (χ4v) is 2.58. The molecule has 0 aliphatic rings. The van der Waals surface area contributed by atoms with E-state index in [1.165, 1.54) is 5.54 Å². The second-order valence-corrected chi connectivity index (χ2v) is 5.82. The molecule has 1 aromatic rings. The Morgan fingerprint density at radius 1 is 1.53 bits per heavy atom. The van der Waals surface area contributed by atoms with Gasteiger partial charge >= 0.3 is 0 Å². The molecule has 1 N–H and O–H groups in total. The molecule has 0 amide bonds. The highest BCUT2D eigenvalue weighted by atomic mass is 35.5. The van der Waals surface area contributed by atoms with Gasteiger partial charge in [0, 0.05) is 17.8 Å².